The summed E-state index contributed by atoms with van der Waals surface area (Å²) in [5.41, 5.74) is 3.64. The van der Waals surface area contributed by atoms with Gasteiger partial charge in [0.1, 0.15) is 0 Å². The molecule has 1 atom stereocenters. The van der Waals surface area contributed by atoms with Gasteiger partial charge in [-0.1, -0.05) is 6.07 Å². The normalized spacial score (nSPS) is 18.5. The molecule has 4 heteroatoms. The number of rotatable bonds is 5. The molecule has 2 heterocycles. The summed E-state index contributed by atoms with van der Waals surface area (Å²) in [4.78, 5) is 6.86. The molecular weight excluding hydrogens is 238 g/mol. The van der Waals surface area contributed by atoms with Gasteiger partial charge >= 0.3 is 0 Å². The van der Waals surface area contributed by atoms with Crippen molar-refractivity contribution in [1.82, 2.24) is 15.2 Å². The van der Waals surface area contributed by atoms with E-state index in [4.69, 9.17) is 4.74 Å². The zero-order chi connectivity index (χ0) is 13.7. The number of nitrogens with zero attached hydrogens (tertiary/aromatic N) is 2. The van der Waals surface area contributed by atoms with Crippen LogP contribution in [-0.4, -0.2) is 48.8 Å². The molecule has 1 N–H and O–H groups in total. The Kier molecular flexibility index (Phi) is 5.31. The Balaban J connectivity index is 1.75. The van der Waals surface area contributed by atoms with Crippen molar-refractivity contribution in [2.24, 2.45) is 0 Å². The van der Waals surface area contributed by atoms with E-state index in [1.165, 1.54) is 11.1 Å². The van der Waals surface area contributed by atoms with Crippen LogP contribution in [0.4, 0.5) is 0 Å². The molecule has 1 aromatic rings. The van der Waals surface area contributed by atoms with Gasteiger partial charge in [0.15, 0.2) is 0 Å². The van der Waals surface area contributed by atoms with Crippen molar-refractivity contribution >= 4 is 0 Å². The zero-order valence-corrected chi connectivity index (χ0v) is 12.3. The van der Waals surface area contributed by atoms with Crippen LogP contribution in [0.15, 0.2) is 12.3 Å². The summed E-state index contributed by atoms with van der Waals surface area (Å²) < 4.78 is 5.36. The van der Waals surface area contributed by atoms with Crippen molar-refractivity contribution < 1.29 is 4.74 Å². The lowest BCUT2D eigenvalue weighted by Gasteiger charge is -2.29. The molecule has 0 radical (unpaired) electrons. The second-order valence-corrected chi connectivity index (χ2v) is 5.44. The summed E-state index contributed by atoms with van der Waals surface area (Å²) in [5, 5.41) is 3.57. The van der Waals surface area contributed by atoms with Gasteiger partial charge < -0.3 is 10.1 Å². The van der Waals surface area contributed by atoms with Crippen LogP contribution in [0.2, 0.25) is 0 Å². The van der Waals surface area contributed by atoms with Crippen molar-refractivity contribution in [2.75, 3.05) is 32.8 Å². The first kappa shape index (κ1) is 14.4. The van der Waals surface area contributed by atoms with Gasteiger partial charge in [0.25, 0.3) is 0 Å². The van der Waals surface area contributed by atoms with Crippen molar-refractivity contribution in [3.8, 4) is 0 Å². The van der Waals surface area contributed by atoms with Gasteiger partial charge in [0.2, 0.25) is 0 Å². The Morgan fingerprint density at radius 2 is 2.11 bits per heavy atom. The van der Waals surface area contributed by atoms with E-state index >= 15 is 0 Å². The van der Waals surface area contributed by atoms with E-state index in [1.807, 2.05) is 13.1 Å². The maximum Gasteiger partial charge on any atom is 0.0594 e. The third-order valence-corrected chi connectivity index (χ3v) is 3.69. The molecule has 1 aromatic heterocycles. The molecule has 2 rings (SSSR count). The molecule has 1 fully saturated rings. The maximum atomic E-state index is 5.36. The topological polar surface area (TPSA) is 37.4 Å². The van der Waals surface area contributed by atoms with Crippen LogP contribution in [0.25, 0.3) is 0 Å². The quantitative estimate of drug-likeness (QED) is 0.874. The van der Waals surface area contributed by atoms with Crippen LogP contribution in [0.3, 0.4) is 0 Å². The van der Waals surface area contributed by atoms with E-state index in [-0.39, 0.29) is 0 Å². The summed E-state index contributed by atoms with van der Waals surface area (Å²) in [6.07, 6.45) is 1.97. The Labute approximate surface area is 116 Å². The minimum Gasteiger partial charge on any atom is -0.379 e. The number of aryl methyl sites for hydroxylation is 2. The van der Waals surface area contributed by atoms with Crippen LogP contribution in [0.5, 0.6) is 0 Å². The van der Waals surface area contributed by atoms with Crippen molar-refractivity contribution in [1.29, 1.82) is 0 Å². The molecule has 0 bridgehead atoms. The van der Waals surface area contributed by atoms with Crippen LogP contribution in [0.1, 0.15) is 23.7 Å². The maximum absolute atomic E-state index is 5.36. The van der Waals surface area contributed by atoms with E-state index in [2.05, 4.69) is 35.1 Å². The third kappa shape index (κ3) is 4.56. The highest BCUT2D eigenvalue weighted by Crippen LogP contribution is 2.06. The van der Waals surface area contributed by atoms with Gasteiger partial charge in [-0.05, 0) is 31.9 Å². The Bertz CT molecular complexity index is 402. The van der Waals surface area contributed by atoms with Crippen LogP contribution < -0.4 is 5.32 Å². The fourth-order valence-corrected chi connectivity index (χ4v) is 2.33. The predicted octanol–water partition coefficient (Wildman–Crippen LogP) is 1.51. The van der Waals surface area contributed by atoms with Crippen molar-refractivity contribution in [3.63, 3.8) is 0 Å². The van der Waals surface area contributed by atoms with Crippen molar-refractivity contribution in [3.05, 3.63) is 29.1 Å². The molecule has 0 saturated carbocycles. The van der Waals surface area contributed by atoms with Crippen molar-refractivity contribution in [2.45, 2.75) is 33.4 Å². The number of pyridine rings is 1. The first-order valence-electron chi connectivity index (χ1n) is 7.11. The van der Waals surface area contributed by atoms with Gasteiger partial charge in [-0.15, -0.1) is 0 Å². The zero-order valence-electron chi connectivity index (χ0n) is 12.3. The second-order valence-electron chi connectivity index (χ2n) is 5.44. The molecule has 1 aliphatic heterocycles. The second kappa shape index (κ2) is 6.98. The number of ether oxygens (including phenoxy) is 1. The standard InChI is InChI=1S/C15H25N3O/c1-12-8-15(10-17-14(12)3)9-16-13(2)11-18-4-6-19-7-5-18/h8,10,13,16H,4-7,9,11H2,1-3H3/t13-/m0/s1. The molecule has 0 spiro atoms. The monoisotopic (exact) mass is 263 g/mol. The average Bonchev–Trinajstić information content (AvgIpc) is 2.41. The number of morpholine rings is 1. The smallest absolute Gasteiger partial charge is 0.0594 e. The third-order valence-electron chi connectivity index (χ3n) is 3.69. The largest absolute Gasteiger partial charge is 0.379 e. The molecular formula is C15H25N3O. The minimum atomic E-state index is 0.486. The molecule has 4 nitrogen and oxygen atoms in total. The van der Waals surface area contributed by atoms with Crippen LogP contribution in [0, 0.1) is 13.8 Å². The minimum absolute atomic E-state index is 0.486. The number of hydrogen-bond donors (Lipinski definition) is 1. The molecule has 1 aliphatic rings. The SMILES string of the molecule is Cc1cc(CN[C@@H](C)CN2CCOCC2)cnc1C. The van der Waals surface area contributed by atoms with Gasteiger partial charge in [-0.2, -0.15) is 0 Å². The Morgan fingerprint density at radius 1 is 1.37 bits per heavy atom. The average molecular weight is 263 g/mol. The fraction of sp³-hybridized carbons (Fsp3) is 0.667. The van der Waals surface area contributed by atoms with Gasteiger partial charge in [0, 0.05) is 44.1 Å². The number of nitrogens with one attached hydrogen (secondary N) is 1. The molecule has 0 aromatic carbocycles. The molecule has 19 heavy (non-hydrogen) atoms. The Morgan fingerprint density at radius 3 is 2.79 bits per heavy atom. The summed E-state index contributed by atoms with van der Waals surface area (Å²) in [5.74, 6) is 0. The highest BCUT2D eigenvalue weighted by atomic mass is 16.5. The van der Waals surface area contributed by atoms with E-state index in [0.29, 0.717) is 6.04 Å². The first-order valence-corrected chi connectivity index (χ1v) is 7.11. The molecule has 0 amide bonds. The molecule has 0 unspecified atom stereocenters. The van der Waals surface area contributed by atoms with Gasteiger partial charge in [0.05, 0.1) is 13.2 Å². The summed E-state index contributed by atoms with van der Waals surface area (Å²) >= 11 is 0. The fourth-order valence-electron chi connectivity index (χ4n) is 2.33. The number of aromatic nitrogens is 1. The summed E-state index contributed by atoms with van der Waals surface area (Å²) in [6, 6.07) is 2.70. The van der Waals surface area contributed by atoms with Crippen LogP contribution >= 0.6 is 0 Å². The Hall–Kier alpha value is -0.970. The first-order chi connectivity index (χ1) is 9.15. The molecule has 106 valence electrons. The lowest BCUT2D eigenvalue weighted by atomic mass is 10.1. The summed E-state index contributed by atoms with van der Waals surface area (Å²) in [6.45, 7) is 12.2. The van der Waals surface area contributed by atoms with E-state index < -0.39 is 0 Å². The summed E-state index contributed by atoms with van der Waals surface area (Å²) in [7, 11) is 0. The lowest BCUT2D eigenvalue weighted by molar-refractivity contribution is 0.0343. The lowest BCUT2D eigenvalue weighted by Crippen LogP contribution is -2.44. The van der Waals surface area contributed by atoms with Gasteiger partial charge in [-0.3, -0.25) is 9.88 Å². The van der Waals surface area contributed by atoms with Gasteiger partial charge in [-0.25, -0.2) is 0 Å². The van der Waals surface area contributed by atoms with E-state index in [0.717, 1.165) is 45.1 Å². The highest BCUT2D eigenvalue weighted by Gasteiger charge is 2.13. The van der Waals surface area contributed by atoms with Crippen LogP contribution in [-0.2, 0) is 11.3 Å². The molecule has 1 saturated heterocycles. The predicted molar refractivity (Wildman–Crippen MR) is 77.3 cm³/mol. The van der Waals surface area contributed by atoms with E-state index in [1.54, 1.807) is 0 Å². The molecule has 0 aliphatic carbocycles. The number of hydrogen-bond acceptors (Lipinski definition) is 4. The highest BCUT2D eigenvalue weighted by molar-refractivity contribution is 5.22. The van der Waals surface area contributed by atoms with E-state index in [9.17, 15) is 0 Å².